The predicted molar refractivity (Wildman–Crippen MR) is 72.6 cm³/mol. The molecule has 0 aliphatic heterocycles. The van der Waals surface area contributed by atoms with Crippen molar-refractivity contribution in [1.82, 2.24) is 10.6 Å². The van der Waals surface area contributed by atoms with Crippen LogP contribution < -0.4 is 10.6 Å². The van der Waals surface area contributed by atoms with E-state index in [0.29, 0.717) is 13.1 Å². The zero-order valence-corrected chi connectivity index (χ0v) is 12.3. The van der Waals surface area contributed by atoms with Gasteiger partial charge in [-0.1, -0.05) is 13.8 Å². The third-order valence-electron chi connectivity index (χ3n) is 2.83. The molecule has 0 fully saturated rings. The Morgan fingerprint density at radius 1 is 1.37 bits per heavy atom. The maximum absolute atomic E-state index is 11.5. The number of aliphatic hydroxyl groups is 1. The molecule has 0 heterocycles. The molecule has 19 heavy (non-hydrogen) atoms. The highest BCUT2D eigenvalue weighted by Gasteiger charge is 2.22. The number of amides is 1. The average Bonchev–Trinajstić information content (AvgIpc) is 2.33. The second-order valence-corrected chi connectivity index (χ2v) is 5.40. The Labute approximate surface area is 114 Å². The van der Waals surface area contributed by atoms with E-state index in [1.807, 2.05) is 0 Å². The van der Waals surface area contributed by atoms with Crippen LogP contribution in [0.1, 0.15) is 33.6 Å². The van der Waals surface area contributed by atoms with Crippen molar-refractivity contribution >= 4 is 11.9 Å². The smallest absolute Gasteiger partial charge is 0.329 e. The fraction of sp³-hybridized carbons (Fsp3) is 0.846. The zero-order valence-electron chi connectivity index (χ0n) is 12.3. The van der Waals surface area contributed by atoms with Gasteiger partial charge < -0.3 is 20.5 Å². The number of hydrogen-bond donors (Lipinski definition) is 3. The molecule has 0 radical (unpaired) electrons. The number of hydrogen-bond acceptors (Lipinski definition) is 5. The first-order chi connectivity index (χ1) is 8.82. The third-order valence-corrected chi connectivity index (χ3v) is 2.83. The van der Waals surface area contributed by atoms with Crippen LogP contribution in [-0.2, 0) is 14.3 Å². The molecular weight excluding hydrogens is 248 g/mol. The highest BCUT2D eigenvalue weighted by Crippen LogP contribution is 2.20. The van der Waals surface area contributed by atoms with Crippen LogP contribution in [0.3, 0.4) is 0 Å². The topological polar surface area (TPSA) is 87.7 Å². The van der Waals surface area contributed by atoms with Gasteiger partial charge in [-0.3, -0.25) is 4.79 Å². The number of ether oxygens (including phenoxy) is 1. The van der Waals surface area contributed by atoms with Gasteiger partial charge in [0, 0.05) is 26.6 Å². The van der Waals surface area contributed by atoms with Crippen molar-refractivity contribution in [2.24, 2.45) is 5.41 Å². The molecule has 1 atom stereocenters. The van der Waals surface area contributed by atoms with Crippen LogP contribution in [0.2, 0.25) is 0 Å². The molecule has 0 aromatic heterocycles. The number of esters is 1. The summed E-state index contributed by atoms with van der Waals surface area (Å²) in [6.45, 7) is 6.73. The summed E-state index contributed by atoms with van der Waals surface area (Å²) in [5.74, 6) is -0.729. The normalized spacial score (nSPS) is 12.9. The molecular formula is C13H26N2O4. The van der Waals surface area contributed by atoms with Gasteiger partial charge in [0.1, 0.15) is 6.04 Å². The van der Waals surface area contributed by atoms with Gasteiger partial charge in [0.15, 0.2) is 0 Å². The van der Waals surface area contributed by atoms with Gasteiger partial charge >= 0.3 is 5.97 Å². The first-order valence-electron chi connectivity index (χ1n) is 6.49. The summed E-state index contributed by atoms with van der Waals surface area (Å²) >= 11 is 0. The number of aliphatic hydroxyl groups excluding tert-OH is 1. The lowest BCUT2D eigenvalue weighted by Crippen LogP contribution is -2.48. The Morgan fingerprint density at radius 2 is 2.00 bits per heavy atom. The van der Waals surface area contributed by atoms with Crippen LogP contribution in [0.5, 0.6) is 0 Å². The summed E-state index contributed by atoms with van der Waals surface area (Å²) in [6.07, 6.45) is 1.64. The minimum atomic E-state index is -0.670. The number of rotatable bonds is 9. The SMILES string of the molecule is COC(=O)C(CNCC(C)(C)CCCO)NC(C)=O. The minimum absolute atomic E-state index is 0.0274. The van der Waals surface area contributed by atoms with Crippen molar-refractivity contribution in [2.45, 2.75) is 39.7 Å². The summed E-state index contributed by atoms with van der Waals surface area (Å²) in [4.78, 5) is 22.5. The first-order valence-corrected chi connectivity index (χ1v) is 6.49. The second kappa shape index (κ2) is 8.87. The highest BCUT2D eigenvalue weighted by molar-refractivity contribution is 5.83. The van der Waals surface area contributed by atoms with E-state index in [0.717, 1.165) is 12.8 Å². The molecule has 0 aliphatic rings. The molecule has 0 aromatic carbocycles. The number of carbonyl (C=O) groups excluding carboxylic acids is 2. The van der Waals surface area contributed by atoms with Crippen LogP contribution in [0, 0.1) is 5.41 Å². The minimum Gasteiger partial charge on any atom is -0.467 e. The van der Waals surface area contributed by atoms with Crippen molar-refractivity contribution in [2.75, 3.05) is 26.8 Å². The molecule has 1 unspecified atom stereocenters. The fourth-order valence-corrected chi connectivity index (χ4v) is 1.78. The van der Waals surface area contributed by atoms with Crippen molar-refractivity contribution in [1.29, 1.82) is 0 Å². The molecule has 0 saturated carbocycles. The van der Waals surface area contributed by atoms with Crippen LogP contribution in [0.15, 0.2) is 0 Å². The van der Waals surface area contributed by atoms with Gasteiger partial charge in [-0.15, -0.1) is 0 Å². The molecule has 3 N–H and O–H groups in total. The van der Waals surface area contributed by atoms with Crippen LogP contribution in [0.4, 0.5) is 0 Å². The van der Waals surface area contributed by atoms with E-state index in [4.69, 9.17) is 5.11 Å². The molecule has 0 aromatic rings. The fourth-order valence-electron chi connectivity index (χ4n) is 1.78. The second-order valence-electron chi connectivity index (χ2n) is 5.40. The molecule has 1 amide bonds. The van der Waals surface area contributed by atoms with Gasteiger partial charge in [0.25, 0.3) is 0 Å². The van der Waals surface area contributed by atoms with E-state index in [1.165, 1.54) is 14.0 Å². The Morgan fingerprint density at radius 3 is 2.47 bits per heavy atom. The van der Waals surface area contributed by atoms with E-state index >= 15 is 0 Å². The summed E-state index contributed by atoms with van der Waals surface area (Å²) < 4.78 is 4.63. The molecule has 112 valence electrons. The number of methoxy groups -OCH3 is 1. The third kappa shape index (κ3) is 8.56. The standard InChI is InChI=1S/C13H26N2O4/c1-10(17)15-11(12(18)19-4)8-14-9-13(2,3)6-5-7-16/h11,14,16H,5-9H2,1-4H3,(H,15,17). The molecule has 0 rings (SSSR count). The summed E-state index contributed by atoms with van der Waals surface area (Å²) in [5.41, 5.74) is 0.0274. The lowest BCUT2D eigenvalue weighted by Gasteiger charge is -2.26. The largest absolute Gasteiger partial charge is 0.467 e. The van der Waals surface area contributed by atoms with Gasteiger partial charge in [0.2, 0.25) is 5.91 Å². The Hall–Kier alpha value is -1.14. The van der Waals surface area contributed by atoms with Gasteiger partial charge in [-0.2, -0.15) is 0 Å². The monoisotopic (exact) mass is 274 g/mol. The van der Waals surface area contributed by atoms with E-state index in [1.54, 1.807) is 0 Å². The predicted octanol–water partition coefficient (Wildman–Crippen LogP) is 0.0524. The maximum atomic E-state index is 11.5. The van der Waals surface area contributed by atoms with Crippen LogP contribution >= 0.6 is 0 Å². The molecule has 6 nitrogen and oxygen atoms in total. The van der Waals surface area contributed by atoms with Crippen LogP contribution in [-0.4, -0.2) is 49.8 Å². The molecule has 0 bridgehead atoms. The summed E-state index contributed by atoms with van der Waals surface area (Å²) in [7, 11) is 1.29. The van der Waals surface area contributed by atoms with Crippen molar-refractivity contribution in [3.8, 4) is 0 Å². The van der Waals surface area contributed by atoms with Crippen molar-refractivity contribution < 1.29 is 19.4 Å². The molecule has 0 saturated heterocycles. The van der Waals surface area contributed by atoms with Crippen molar-refractivity contribution in [3.05, 3.63) is 0 Å². The Kier molecular flexibility index (Phi) is 8.34. The lowest BCUT2D eigenvalue weighted by atomic mass is 9.88. The van der Waals surface area contributed by atoms with Gasteiger partial charge in [-0.05, 0) is 18.3 Å². The average molecular weight is 274 g/mol. The molecule has 0 spiro atoms. The van der Waals surface area contributed by atoms with E-state index in [-0.39, 0.29) is 17.9 Å². The highest BCUT2D eigenvalue weighted by atomic mass is 16.5. The Balaban J connectivity index is 4.17. The zero-order chi connectivity index (χ0) is 14.9. The number of nitrogens with one attached hydrogen (secondary N) is 2. The molecule has 6 heteroatoms. The molecule has 0 aliphatic carbocycles. The van der Waals surface area contributed by atoms with Gasteiger partial charge in [0.05, 0.1) is 7.11 Å². The quantitative estimate of drug-likeness (QED) is 0.517. The maximum Gasteiger partial charge on any atom is 0.329 e. The van der Waals surface area contributed by atoms with E-state index < -0.39 is 12.0 Å². The number of carbonyl (C=O) groups is 2. The summed E-state index contributed by atoms with van der Waals surface area (Å²) in [5, 5.41) is 14.5. The first kappa shape index (κ1) is 17.9. The lowest BCUT2D eigenvalue weighted by molar-refractivity contribution is -0.144. The van der Waals surface area contributed by atoms with Crippen LogP contribution in [0.25, 0.3) is 0 Å². The Bertz CT molecular complexity index is 292. The van der Waals surface area contributed by atoms with Crippen molar-refractivity contribution in [3.63, 3.8) is 0 Å². The van der Waals surface area contributed by atoms with Gasteiger partial charge in [-0.25, -0.2) is 4.79 Å². The van der Waals surface area contributed by atoms with E-state index in [2.05, 4.69) is 29.2 Å². The van der Waals surface area contributed by atoms with E-state index in [9.17, 15) is 9.59 Å². The summed E-state index contributed by atoms with van der Waals surface area (Å²) in [6, 6.07) is -0.670.